The highest BCUT2D eigenvalue weighted by molar-refractivity contribution is 7.92. The van der Waals surface area contributed by atoms with Gasteiger partial charge in [-0.1, -0.05) is 36.8 Å². The van der Waals surface area contributed by atoms with Crippen molar-refractivity contribution in [3.8, 4) is 11.5 Å². The van der Waals surface area contributed by atoms with Gasteiger partial charge >= 0.3 is 0 Å². The zero-order valence-corrected chi connectivity index (χ0v) is 22.9. The molecule has 0 heterocycles. The molecule has 0 radical (unpaired) electrons. The van der Waals surface area contributed by atoms with Crippen LogP contribution in [0.3, 0.4) is 0 Å². The lowest BCUT2D eigenvalue weighted by Crippen LogP contribution is -2.52. The standard InChI is InChI=1S/C26H37N3O6S/c1-8-19(3)27-26(31)20(4)28(16-21-11-9-10-18(2)14-21)25(30)17-29(36(7,32)33)23-13-12-22(34-5)15-24(23)35-6/h9-15,19-20H,8,16-17H2,1-7H3,(H,27,31)/t19-,20+/m0/s1. The summed E-state index contributed by atoms with van der Waals surface area (Å²) in [4.78, 5) is 28.0. The fraction of sp³-hybridized carbons (Fsp3) is 0.462. The lowest BCUT2D eigenvalue weighted by atomic mass is 10.1. The number of sulfonamides is 1. The molecule has 0 bridgehead atoms. The molecule has 0 spiro atoms. The first-order valence-electron chi connectivity index (χ1n) is 11.8. The number of hydrogen-bond donors (Lipinski definition) is 1. The van der Waals surface area contributed by atoms with Crippen molar-refractivity contribution in [2.24, 2.45) is 0 Å². The van der Waals surface area contributed by atoms with Crippen LogP contribution in [0.4, 0.5) is 5.69 Å². The molecule has 2 atom stereocenters. The van der Waals surface area contributed by atoms with E-state index in [1.807, 2.05) is 45.0 Å². The first-order chi connectivity index (χ1) is 16.9. The van der Waals surface area contributed by atoms with Crippen molar-refractivity contribution >= 4 is 27.5 Å². The van der Waals surface area contributed by atoms with Gasteiger partial charge in [0.15, 0.2) is 0 Å². The molecule has 0 aromatic heterocycles. The second kappa shape index (κ2) is 12.6. The van der Waals surface area contributed by atoms with Gasteiger partial charge in [-0.3, -0.25) is 13.9 Å². The van der Waals surface area contributed by atoms with Gasteiger partial charge in [0.25, 0.3) is 0 Å². The van der Waals surface area contributed by atoms with Crippen LogP contribution >= 0.6 is 0 Å². The van der Waals surface area contributed by atoms with Crippen LogP contribution in [0.15, 0.2) is 42.5 Å². The monoisotopic (exact) mass is 519 g/mol. The normalized spacial score (nSPS) is 12.9. The van der Waals surface area contributed by atoms with E-state index in [9.17, 15) is 18.0 Å². The summed E-state index contributed by atoms with van der Waals surface area (Å²) in [6.45, 7) is 7.07. The molecule has 0 saturated carbocycles. The van der Waals surface area contributed by atoms with Crippen molar-refractivity contribution in [1.29, 1.82) is 0 Å². The van der Waals surface area contributed by atoms with Crippen LogP contribution < -0.4 is 19.1 Å². The molecule has 198 valence electrons. The number of hydrogen-bond acceptors (Lipinski definition) is 6. The van der Waals surface area contributed by atoms with Crippen LogP contribution in [-0.2, 0) is 26.2 Å². The Labute approximate surface area is 214 Å². The Morgan fingerprint density at radius 3 is 2.31 bits per heavy atom. The van der Waals surface area contributed by atoms with Crippen LogP contribution in [0.25, 0.3) is 0 Å². The van der Waals surface area contributed by atoms with Gasteiger partial charge in [-0.2, -0.15) is 0 Å². The molecule has 2 amide bonds. The van der Waals surface area contributed by atoms with Gasteiger partial charge in [-0.05, 0) is 44.9 Å². The molecule has 2 aromatic carbocycles. The van der Waals surface area contributed by atoms with Gasteiger partial charge in [-0.25, -0.2) is 8.42 Å². The summed E-state index contributed by atoms with van der Waals surface area (Å²) < 4.78 is 37.2. The van der Waals surface area contributed by atoms with Crippen molar-refractivity contribution in [3.63, 3.8) is 0 Å². The van der Waals surface area contributed by atoms with E-state index in [2.05, 4.69) is 5.32 Å². The van der Waals surface area contributed by atoms with E-state index in [0.29, 0.717) is 5.75 Å². The number of benzene rings is 2. The highest BCUT2D eigenvalue weighted by atomic mass is 32.2. The fourth-order valence-electron chi connectivity index (χ4n) is 3.64. The highest BCUT2D eigenvalue weighted by Gasteiger charge is 2.31. The molecule has 36 heavy (non-hydrogen) atoms. The molecule has 0 saturated heterocycles. The molecule has 9 nitrogen and oxygen atoms in total. The third-order valence-electron chi connectivity index (χ3n) is 5.94. The Kier molecular flexibility index (Phi) is 10.2. The molecule has 2 rings (SSSR count). The zero-order chi connectivity index (χ0) is 27.0. The highest BCUT2D eigenvalue weighted by Crippen LogP contribution is 2.33. The van der Waals surface area contributed by atoms with E-state index < -0.39 is 28.5 Å². The van der Waals surface area contributed by atoms with Gasteiger partial charge in [0.05, 0.1) is 26.2 Å². The van der Waals surface area contributed by atoms with Gasteiger partial charge in [-0.15, -0.1) is 0 Å². The third-order valence-corrected chi connectivity index (χ3v) is 7.06. The molecule has 1 N–H and O–H groups in total. The number of rotatable bonds is 12. The number of nitrogens with zero attached hydrogens (tertiary/aromatic N) is 2. The molecular formula is C26H37N3O6S. The number of amides is 2. The Morgan fingerprint density at radius 2 is 1.75 bits per heavy atom. The molecule has 0 unspecified atom stereocenters. The van der Waals surface area contributed by atoms with Crippen molar-refractivity contribution in [2.45, 2.75) is 52.7 Å². The number of methoxy groups -OCH3 is 2. The quantitative estimate of drug-likeness (QED) is 0.462. The maximum absolute atomic E-state index is 13.7. The Hall–Kier alpha value is -3.27. The van der Waals surface area contributed by atoms with E-state index >= 15 is 0 Å². The number of carbonyl (C=O) groups excluding carboxylic acids is 2. The number of nitrogens with one attached hydrogen (secondary N) is 1. The molecule has 0 aliphatic rings. The number of anilines is 1. The molecular weight excluding hydrogens is 482 g/mol. The molecule has 2 aromatic rings. The fourth-order valence-corrected chi connectivity index (χ4v) is 4.49. The van der Waals surface area contributed by atoms with Gasteiger partial charge in [0.1, 0.15) is 24.1 Å². The lowest BCUT2D eigenvalue weighted by Gasteiger charge is -2.32. The second-order valence-electron chi connectivity index (χ2n) is 8.81. The average molecular weight is 520 g/mol. The zero-order valence-electron chi connectivity index (χ0n) is 22.1. The molecule has 0 aliphatic heterocycles. The minimum Gasteiger partial charge on any atom is -0.497 e. The van der Waals surface area contributed by atoms with Crippen molar-refractivity contribution in [3.05, 3.63) is 53.6 Å². The predicted molar refractivity (Wildman–Crippen MR) is 141 cm³/mol. The smallest absolute Gasteiger partial charge is 0.244 e. The van der Waals surface area contributed by atoms with Crippen LogP contribution in [-0.4, -0.2) is 64.2 Å². The van der Waals surface area contributed by atoms with Crippen molar-refractivity contribution in [2.75, 3.05) is 31.3 Å². The minimum absolute atomic E-state index is 0.0630. The van der Waals surface area contributed by atoms with E-state index in [1.54, 1.807) is 19.1 Å². The van der Waals surface area contributed by atoms with E-state index in [4.69, 9.17) is 9.47 Å². The number of carbonyl (C=O) groups is 2. The summed E-state index contributed by atoms with van der Waals surface area (Å²) in [5.74, 6) is -0.114. The number of aryl methyl sites for hydroxylation is 1. The predicted octanol–water partition coefficient (Wildman–Crippen LogP) is 3.11. The van der Waals surface area contributed by atoms with Crippen LogP contribution in [0, 0.1) is 6.92 Å². The Bertz CT molecular complexity index is 1170. The first-order valence-corrected chi connectivity index (χ1v) is 13.6. The van der Waals surface area contributed by atoms with Crippen LogP contribution in [0.5, 0.6) is 11.5 Å². The SMILES string of the molecule is CC[C@H](C)NC(=O)[C@@H](C)N(Cc1cccc(C)c1)C(=O)CN(c1ccc(OC)cc1OC)S(C)(=O)=O. The largest absolute Gasteiger partial charge is 0.497 e. The van der Waals surface area contributed by atoms with E-state index in [1.165, 1.54) is 25.2 Å². The van der Waals surface area contributed by atoms with Crippen molar-refractivity contribution < 1.29 is 27.5 Å². The molecule has 0 fully saturated rings. The molecule has 10 heteroatoms. The molecule has 0 aliphatic carbocycles. The van der Waals surface area contributed by atoms with E-state index in [0.717, 1.165) is 28.1 Å². The minimum atomic E-state index is -3.88. The van der Waals surface area contributed by atoms with Gasteiger partial charge in [0.2, 0.25) is 21.8 Å². The topological polar surface area (TPSA) is 105 Å². The lowest BCUT2D eigenvalue weighted by molar-refractivity contribution is -0.139. The summed E-state index contributed by atoms with van der Waals surface area (Å²) in [6.07, 6.45) is 1.76. The van der Waals surface area contributed by atoms with Crippen LogP contribution in [0.2, 0.25) is 0 Å². The maximum atomic E-state index is 13.7. The van der Waals surface area contributed by atoms with Crippen molar-refractivity contribution in [1.82, 2.24) is 10.2 Å². The summed E-state index contributed by atoms with van der Waals surface area (Å²) in [5.41, 5.74) is 2.04. The number of ether oxygens (including phenoxy) is 2. The summed E-state index contributed by atoms with van der Waals surface area (Å²) in [7, 11) is -0.987. The van der Waals surface area contributed by atoms with Gasteiger partial charge in [0, 0.05) is 18.7 Å². The third kappa shape index (κ3) is 7.61. The van der Waals surface area contributed by atoms with E-state index in [-0.39, 0.29) is 29.9 Å². The maximum Gasteiger partial charge on any atom is 0.244 e. The van der Waals surface area contributed by atoms with Crippen LogP contribution in [0.1, 0.15) is 38.3 Å². The Balaban J connectivity index is 2.46. The summed E-state index contributed by atoms with van der Waals surface area (Å²) >= 11 is 0. The van der Waals surface area contributed by atoms with Gasteiger partial charge < -0.3 is 19.7 Å². The summed E-state index contributed by atoms with van der Waals surface area (Å²) in [6, 6.07) is 11.4. The summed E-state index contributed by atoms with van der Waals surface area (Å²) in [5, 5.41) is 2.91. The Morgan fingerprint density at radius 1 is 1.06 bits per heavy atom. The average Bonchev–Trinajstić information content (AvgIpc) is 2.84. The first kappa shape index (κ1) is 29.0. The second-order valence-corrected chi connectivity index (χ2v) is 10.7.